The minimum Gasteiger partial charge on any atom is -0.222 e. The van der Waals surface area contributed by atoms with Crippen LogP contribution in [-0.4, -0.2) is 0 Å². The summed E-state index contributed by atoms with van der Waals surface area (Å²) >= 11 is 0. The Balaban J connectivity index is 2.00. The van der Waals surface area contributed by atoms with Crippen molar-refractivity contribution in [2.45, 2.75) is 0 Å². The zero-order chi connectivity index (χ0) is 28.5. The fourth-order valence-electron chi connectivity index (χ4n) is 2.56. The summed E-state index contributed by atoms with van der Waals surface area (Å²) in [7, 11) is -5.77. The SMILES string of the molecule is NN(OP(=O)(ON(N)c1ccc(F)c(F)c1F)ON(N)c1ccc(F)c(F)c1F)c1ccc(F)c(F)c1F. The van der Waals surface area contributed by atoms with E-state index in [1.54, 1.807) is 0 Å². The van der Waals surface area contributed by atoms with E-state index in [0.29, 0.717) is 36.4 Å². The Morgan fingerprint density at radius 1 is 0.474 bits per heavy atom. The molecule has 38 heavy (non-hydrogen) atoms. The van der Waals surface area contributed by atoms with Crippen molar-refractivity contribution >= 4 is 24.9 Å². The number of nitrogens with zero attached hydrogens (tertiary/aromatic N) is 3. The van der Waals surface area contributed by atoms with Gasteiger partial charge in [-0.1, -0.05) is 0 Å². The number of benzene rings is 3. The molecule has 0 aliphatic carbocycles. The summed E-state index contributed by atoms with van der Waals surface area (Å²) in [6, 6.07) is 2.43. The third-order valence-electron chi connectivity index (χ3n) is 4.32. The quantitative estimate of drug-likeness (QED) is 0.111. The number of rotatable bonds is 9. The average molecular weight is 578 g/mol. The molecular formula is C18H12F9N6O4P. The molecule has 0 saturated carbocycles. The van der Waals surface area contributed by atoms with Gasteiger partial charge >= 0.3 is 7.82 Å². The van der Waals surface area contributed by atoms with Crippen molar-refractivity contribution in [3.63, 3.8) is 0 Å². The standard InChI is InChI=1S/C18H12F9N6O4P/c19-7-1-4-10(16(25)13(7)22)31(28)35-38(34,36-32(29)11-5-2-8(20)14(23)17(11)26)37-33(30)12-6-3-9(21)15(24)18(12)27/h1-6H,28-30H2. The monoisotopic (exact) mass is 578 g/mol. The van der Waals surface area contributed by atoms with Crippen LogP contribution in [-0.2, 0) is 18.4 Å². The molecule has 0 aliphatic rings. The smallest absolute Gasteiger partial charge is 0.222 e. The van der Waals surface area contributed by atoms with E-state index in [4.69, 9.17) is 17.5 Å². The Bertz CT molecular complexity index is 1260. The second kappa shape index (κ2) is 11.0. The maximum absolute atomic E-state index is 14.1. The van der Waals surface area contributed by atoms with Crippen LogP contribution in [0.4, 0.5) is 56.6 Å². The molecule has 10 nitrogen and oxygen atoms in total. The number of hydrogen-bond acceptors (Lipinski definition) is 10. The molecule has 0 heterocycles. The number of nitrogens with two attached hydrogens (primary N) is 3. The van der Waals surface area contributed by atoms with Gasteiger partial charge in [0.2, 0.25) is 0 Å². The lowest BCUT2D eigenvalue weighted by molar-refractivity contribution is 0.0841. The normalized spacial score (nSPS) is 11.6. The first-order valence-electron chi connectivity index (χ1n) is 9.41. The number of hydrazine groups is 3. The zero-order valence-electron chi connectivity index (χ0n) is 18.0. The number of anilines is 3. The second-order valence-electron chi connectivity index (χ2n) is 6.75. The Morgan fingerprint density at radius 2 is 0.711 bits per heavy atom. The third kappa shape index (κ3) is 5.78. The molecule has 206 valence electrons. The predicted molar refractivity (Wildman–Crippen MR) is 110 cm³/mol. The highest BCUT2D eigenvalue weighted by Crippen LogP contribution is 2.52. The van der Waals surface area contributed by atoms with Crippen molar-refractivity contribution in [1.82, 2.24) is 0 Å². The fourth-order valence-corrected chi connectivity index (χ4v) is 3.56. The van der Waals surface area contributed by atoms with Gasteiger partial charge < -0.3 is 0 Å². The van der Waals surface area contributed by atoms with E-state index in [-0.39, 0.29) is 15.5 Å². The van der Waals surface area contributed by atoms with Crippen LogP contribution in [0.2, 0.25) is 0 Å². The first-order chi connectivity index (χ1) is 17.7. The topological polar surface area (TPSA) is 133 Å². The molecule has 0 unspecified atom stereocenters. The number of halogens is 9. The lowest BCUT2D eigenvalue weighted by Gasteiger charge is -2.29. The van der Waals surface area contributed by atoms with Gasteiger partial charge in [0.25, 0.3) is 0 Å². The molecule has 0 spiro atoms. The number of hydrogen-bond donors (Lipinski definition) is 3. The van der Waals surface area contributed by atoms with E-state index >= 15 is 0 Å². The highest BCUT2D eigenvalue weighted by Gasteiger charge is 2.39. The van der Waals surface area contributed by atoms with Crippen molar-refractivity contribution in [2.24, 2.45) is 17.5 Å². The molecule has 20 heteroatoms. The molecule has 0 atom stereocenters. The summed E-state index contributed by atoms with van der Waals surface area (Å²) in [5, 5.41) is -1.16. The van der Waals surface area contributed by atoms with Crippen molar-refractivity contribution in [3.8, 4) is 0 Å². The van der Waals surface area contributed by atoms with Gasteiger partial charge in [-0.15, -0.1) is 13.9 Å². The van der Waals surface area contributed by atoms with Gasteiger partial charge in [0.1, 0.15) is 17.1 Å². The molecule has 0 fully saturated rings. The molecule has 0 bridgehead atoms. The summed E-state index contributed by atoms with van der Waals surface area (Å²) in [6.07, 6.45) is 0. The average Bonchev–Trinajstić information content (AvgIpc) is 2.84. The van der Waals surface area contributed by atoms with Crippen LogP contribution in [0.15, 0.2) is 36.4 Å². The van der Waals surface area contributed by atoms with Crippen molar-refractivity contribution in [2.75, 3.05) is 15.5 Å². The number of phosphoric acid groups is 1. The second-order valence-corrected chi connectivity index (χ2v) is 8.14. The highest BCUT2D eigenvalue weighted by molar-refractivity contribution is 7.48. The van der Waals surface area contributed by atoms with Crippen LogP contribution in [0.1, 0.15) is 0 Å². The molecule has 6 N–H and O–H groups in total. The fraction of sp³-hybridized carbons (Fsp3) is 0. The van der Waals surface area contributed by atoms with E-state index in [1.165, 1.54) is 0 Å². The molecule has 3 aromatic carbocycles. The first kappa shape index (κ1) is 29.0. The third-order valence-corrected chi connectivity index (χ3v) is 5.45. The van der Waals surface area contributed by atoms with Crippen LogP contribution in [0.25, 0.3) is 0 Å². The van der Waals surface area contributed by atoms with E-state index in [2.05, 4.69) is 13.9 Å². The summed E-state index contributed by atoms with van der Waals surface area (Å²) < 4.78 is 150. The molecule has 3 rings (SSSR count). The van der Waals surface area contributed by atoms with Gasteiger partial charge in [-0.3, -0.25) is 0 Å². The molecule has 3 aromatic rings. The highest BCUT2D eigenvalue weighted by atomic mass is 31.2. The minimum atomic E-state index is -5.77. The maximum atomic E-state index is 14.1. The Kier molecular flexibility index (Phi) is 8.42. The summed E-state index contributed by atoms with van der Waals surface area (Å²) in [6.45, 7) is 0. The molecule has 0 radical (unpaired) electrons. The predicted octanol–water partition coefficient (Wildman–Crippen LogP) is 4.28. The Hall–Kier alpha value is -3.58. The largest absolute Gasteiger partial charge is 0.543 e. The van der Waals surface area contributed by atoms with Gasteiger partial charge in [0, 0.05) is 0 Å². The lowest BCUT2D eigenvalue weighted by Crippen LogP contribution is -2.39. The minimum absolute atomic E-state index is 0.349. The molecular weight excluding hydrogens is 566 g/mol. The molecule has 0 aromatic heterocycles. The summed E-state index contributed by atoms with van der Waals surface area (Å²) in [5.41, 5.74) is -3.54. The summed E-state index contributed by atoms with van der Waals surface area (Å²) in [4.78, 5) is 0. The van der Waals surface area contributed by atoms with E-state index in [9.17, 15) is 44.1 Å². The van der Waals surface area contributed by atoms with Crippen molar-refractivity contribution < 1.29 is 58.0 Å². The Labute approximate surface area is 205 Å². The van der Waals surface area contributed by atoms with E-state index < -0.39 is 77.2 Å². The van der Waals surface area contributed by atoms with Gasteiger partial charge in [0.05, 0.1) is 0 Å². The van der Waals surface area contributed by atoms with Crippen molar-refractivity contribution in [1.29, 1.82) is 0 Å². The van der Waals surface area contributed by atoms with Gasteiger partial charge in [-0.05, 0) is 36.4 Å². The van der Waals surface area contributed by atoms with Crippen LogP contribution in [0.3, 0.4) is 0 Å². The van der Waals surface area contributed by atoms with E-state index in [1.807, 2.05) is 0 Å². The molecule has 0 amide bonds. The van der Waals surface area contributed by atoms with Crippen LogP contribution in [0.5, 0.6) is 0 Å². The first-order valence-corrected chi connectivity index (χ1v) is 10.9. The summed E-state index contributed by atoms with van der Waals surface area (Å²) in [5.74, 6) is -1.27. The molecule has 0 saturated heterocycles. The maximum Gasteiger partial charge on any atom is 0.543 e. The van der Waals surface area contributed by atoms with Crippen LogP contribution < -0.4 is 33.0 Å². The molecule has 0 aliphatic heterocycles. The lowest BCUT2D eigenvalue weighted by atomic mass is 10.3. The van der Waals surface area contributed by atoms with E-state index in [0.717, 1.165) is 0 Å². The van der Waals surface area contributed by atoms with Gasteiger partial charge in [0.15, 0.2) is 52.4 Å². The van der Waals surface area contributed by atoms with Crippen molar-refractivity contribution in [3.05, 3.63) is 88.8 Å². The van der Waals surface area contributed by atoms with Gasteiger partial charge in [-0.2, -0.15) is 15.5 Å². The van der Waals surface area contributed by atoms with Crippen LogP contribution in [0, 0.1) is 52.4 Å². The Morgan fingerprint density at radius 3 is 0.947 bits per heavy atom. The van der Waals surface area contributed by atoms with Crippen LogP contribution >= 0.6 is 7.82 Å². The zero-order valence-corrected chi connectivity index (χ0v) is 18.9. The van der Waals surface area contributed by atoms with Gasteiger partial charge in [-0.25, -0.2) is 61.6 Å².